The molecule has 0 fully saturated rings. The second-order valence-electron chi connectivity index (χ2n) is 6.31. The van der Waals surface area contributed by atoms with Crippen LogP contribution in [0.1, 0.15) is 36.8 Å². The van der Waals surface area contributed by atoms with Crippen LogP contribution in [-0.2, 0) is 13.1 Å². The van der Waals surface area contributed by atoms with Crippen LogP contribution in [0.2, 0.25) is 0 Å². The molecule has 1 aromatic carbocycles. The van der Waals surface area contributed by atoms with Crippen LogP contribution in [0.3, 0.4) is 0 Å². The highest BCUT2D eigenvalue weighted by Crippen LogP contribution is 2.33. The summed E-state index contributed by atoms with van der Waals surface area (Å²) in [5, 5.41) is 10.2. The van der Waals surface area contributed by atoms with Crippen molar-refractivity contribution in [3.8, 4) is 11.5 Å². The second kappa shape index (κ2) is 7.73. The van der Waals surface area contributed by atoms with Crippen molar-refractivity contribution >= 4 is 0 Å². The predicted molar refractivity (Wildman–Crippen MR) is 91.0 cm³/mol. The summed E-state index contributed by atoms with van der Waals surface area (Å²) in [6.07, 6.45) is 1.44. The van der Waals surface area contributed by atoms with Gasteiger partial charge in [0.15, 0.2) is 11.5 Å². The third kappa shape index (κ3) is 4.30. The highest BCUT2D eigenvalue weighted by molar-refractivity contribution is 5.44. The maximum absolute atomic E-state index is 10.2. The van der Waals surface area contributed by atoms with E-state index in [0.717, 1.165) is 48.0 Å². The minimum absolute atomic E-state index is 0.281. The molecule has 130 valence electrons. The molecule has 0 saturated heterocycles. The van der Waals surface area contributed by atoms with Crippen molar-refractivity contribution in [1.82, 2.24) is 4.90 Å². The molecule has 0 radical (unpaired) electrons. The smallest absolute Gasteiger partial charge is 0.231 e. The van der Waals surface area contributed by atoms with Crippen LogP contribution in [0.15, 0.2) is 34.7 Å². The maximum Gasteiger partial charge on any atom is 0.231 e. The van der Waals surface area contributed by atoms with Gasteiger partial charge in [0, 0.05) is 13.1 Å². The first-order valence-corrected chi connectivity index (χ1v) is 8.48. The molecule has 0 saturated carbocycles. The maximum atomic E-state index is 10.2. The van der Waals surface area contributed by atoms with Gasteiger partial charge in [-0.1, -0.05) is 19.4 Å². The first-order chi connectivity index (χ1) is 11.6. The lowest BCUT2D eigenvalue weighted by Gasteiger charge is -2.24. The van der Waals surface area contributed by atoms with Gasteiger partial charge in [0.1, 0.15) is 11.5 Å². The van der Waals surface area contributed by atoms with E-state index in [1.54, 1.807) is 0 Å². The SMILES string of the molecule is CCCC(O)CN(Cc1ccc2c(c1)OCO2)Cc1ccc(C)o1. The van der Waals surface area contributed by atoms with Crippen LogP contribution in [0.5, 0.6) is 11.5 Å². The molecule has 3 rings (SSSR count). The van der Waals surface area contributed by atoms with Crippen LogP contribution >= 0.6 is 0 Å². The Morgan fingerprint density at radius 1 is 1.12 bits per heavy atom. The zero-order valence-corrected chi connectivity index (χ0v) is 14.3. The molecular formula is C19H25NO4. The Hall–Kier alpha value is -1.98. The Balaban J connectivity index is 1.70. The third-order valence-electron chi connectivity index (χ3n) is 4.11. The predicted octanol–water partition coefficient (Wildman–Crippen LogP) is 3.48. The number of hydrogen-bond acceptors (Lipinski definition) is 5. The summed E-state index contributed by atoms with van der Waals surface area (Å²) in [4.78, 5) is 2.20. The highest BCUT2D eigenvalue weighted by atomic mass is 16.7. The number of aliphatic hydroxyl groups excluding tert-OH is 1. The number of aliphatic hydroxyl groups is 1. The zero-order valence-electron chi connectivity index (χ0n) is 14.3. The molecule has 0 aliphatic carbocycles. The summed E-state index contributed by atoms with van der Waals surface area (Å²) in [6.45, 7) is 6.31. The lowest BCUT2D eigenvalue weighted by molar-refractivity contribution is 0.0930. The van der Waals surface area contributed by atoms with Crippen LogP contribution in [0.4, 0.5) is 0 Å². The van der Waals surface area contributed by atoms with E-state index in [9.17, 15) is 5.11 Å². The molecule has 0 spiro atoms. The summed E-state index contributed by atoms with van der Waals surface area (Å²) in [6, 6.07) is 9.95. The van der Waals surface area contributed by atoms with Gasteiger partial charge < -0.3 is 19.0 Å². The normalized spacial score (nSPS) is 14.3. The molecule has 2 heterocycles. The molecule has 24 heavy (non-hydrogen) atoms. The van der Waals surface area contributed by atoms with E-state index in [0.29, 0.717) is 13.1 Å². The fraction of sp³-hybridized carbons (Fsp3) is 0.474. The van der Waals surface area contributed by atoms with Crippen molar-refractivity contribution in [2.75, 3.05) is 13.3 Å². The van der Waals surface area contributed by atoms with Crippen LogP contribution in [0, 0.1) is 6.92 Å². The quantitative estimate of drug-likeness (QED) is 0.802. The molecule has 2 aromatic rings. The molecule has 1 aromatic heterocycles. The van der Waals surface area contributed by atoms with E-state index in [4.69, 9.17) is 13.9 Å². The molecule has 0 bridgehead atoms. The fourth-order valence-electron chi connectivity index (χ4n) is 3.00. The van der Waals surface area contributed by atoms with Gasteiger partial charge in [0.25, 0.3) is 0 Å². The van der Waals surface area contributed by atoms with E-state index >= 15 is 0 Å². The molecular weight excluding hydrogens is 306 g/mol. The average molecular weight is 331 g/mol. The Bertz CT molecular complexity index is 667. The number of aryl methyl sites for hydroxylation is 1. The number of fused-ring (bicyclic) bond motifs is 1. The van der Waals surface area contributed by atoms with E-state index in [1.807, 2.05) is 37.3 Å². The number of furan rings is 1. The van der Waals surface area contributed by atoms with E-state index in [1.165, 1.54) is 0 Å². The molecule has 5 nitrogen and oxygen atoms in total. The monoisotopic (exact) mass is 331 g/mol. The minimum atomic E-state index is -0.333. The lowest BCUT2D eigenvalue weighted by Crippen LogP contribution is -2.31. The topological polar surface area (TPSA) is 55.1 Å². The number of nitrogens with zero attached hydrogens (tertiary/aromatic N) is 1. The van der Waals surface area contributed by atoms with Gasteiger partial charge in [-0.3, -0.25) is 4.90 Å². The molecule has 1 atom stereocenters. The standard InChI is InChI=1S/C19H25NO4/c1-3-4-16(21)11-20(12-17-7-5-14(2)24-17)10-15-6-8-18-19(9-15)23-13-22-18/h5-9,16,21H,3-4,10-13H2,1-2H3. The van der Waals surface area contributed by atoms with Crippen molar-refractivity contribution in [2.45, 2.75) is 45.9 Å². The van der Waals surface area contributed by atoms with Crippen molar-refractivity contribution in [3.63, 3.8) is 0 Å². The molecule has 5 heteroatoms. The van der Waals surface area contributed by atoms with Gasteiger partial charge in [-0.15, -0.1) is 0 Å². The zero-order chi connectivity index (χ0) is 16.9. The lowest BCUT2D eigenvalue weighted by atomic mass is 10.1. The summed E-state index contributed by atoms with van der Waals surface area (Å²) < 4.78 is 16.5. The second-order valence-corrected chi connectivity index (χ2v) is 6.31. The van der Waals surface area contributed by atoms with Gasteiger partial charge in [-0.25, -0.2) is 0 Å². The largest absolute Gasteiger partial charge is 0.465 e. The van der Waals surface area contributed by atoms with Gasteiger partial charge in [-0.05, 0) is 43.2 Å². The molecule has 1 unspecified atom stereocenters. The van der Waals surface area contributed by atoms with Gasteiger partial charge in [0.2, 0.25) is 6.79 Å². The summed E-state index contributed by atoms with van der Waals surface area (Å²) in [5.74, 6) is 3.40. The highest BCUT2D eigenvalue weighted by Gasteiger charge is 2.17. The third-order valence-corrected chi connectivity index (χ3v) is 4.11. The number of hydrogen-bond donors (Lipinski definition) is 1. The molecule has 1 aliphatic rings. The summed E-state index contributed by atoms with van der Waals surface area (Å²) in [5.41, 5.74) is 1.13. The summed E-state index contributed by atoms with van der Waals surface area (Å²) in [7, 11) is 0. The first-order valence-electron chi connectivity index (χ1n) is 8.48. The van der Waals surface area contributed by atoms with E-state index in [2.05, 4.69) is 11.8 Å². The molecule has 1 aliphatic heterocycles. The summed E-state index contributed by atoms with van der Waals surface area (Å²) >= 11 is 0. The first kappa shape index (κ1) is 16.9. The van der Waals surface area contributed by atoms with E-state index < -0.39 is 0 Å². The Labute approximate surface area is 142 Å². The van der Waals surface area contributed by atoms with Crippen molar-refractivity contribution in [1.29, 1.82) is 0 Å². The van der Waals surface area contributed by atoms with Crippen LogP contribution in [-0.4, -0.2) is 29.4 Å². The number of ether oxygens (including phenoxy) is 2. The number of rotatable bonds is 8. The van der Waals surface area contributed by atoms with Gasteiger partial charge >= 0.3 is 0 Å². The van der Waals surface area contributed by atoms with E-state index in [-0.39, 0.29) is 12.9 Å². The fourth-order valence-corrected chi connectivity index (χ4v) is 3.00. The van der Waals surface area contributed by atoms with Gasteiger partial charge in [-0.2, -0.15) is 0 Å². The van der Waals surface area contributed by atoms with Gasteiger partial charge in [0.05, 0.1) is 12.6 Å². The molecule has 1 N–H and O–H groups in total. The van der Waals surface area contributed by atoms with Crippen LogP contribution < -0.4 is 9.47 Å². The Morgan fingerprint density at radius 3 is 2.71 bits per heavy atom. The van der Waals surface area contributed by atoms with Crippen molar-refractivity contribution in [3.05, 3.63) is 47.4 Å². The Kier molecular flexibility index (Phi) is 5.43. The van der Waals surface area contributed by atoms with Crippen molar-refractivity contribution < 1.29 is 19.0 Å². The average Bonchev–Trinajstić information content (AvgIpc) is 3.15. The Morgan fingerprint density at radius 2 is 1.96 bits per heavy atom. The van der Waals surface area contributed by atoms with Crippen molar-refractivity contribution in [2.24, 2.45) is 0 Å². The molecule has 0 amide bonds. The number of benzene rings is 1. The minimum Gasteiger partial charge on any atom is -0.465 e. The van der Waals surface area contributed by atoms with Crippen LogP contribution in [0.25, 0.3) is 0 Å².